The third kappa shape index (κ3) is 5.73. The maximum absolute atomic E-state index is 13.7. The van der Waals surface area contributed by atoms with E-state index in [1.165, 1.54) is 24.1 Å². The summed E-state index contributed by atoms with van der Waals surface area (Å²) in [6.45, 7) is 0.821. The molecule has 178 valence electrons. The van der Waals surface area contributed by atoms with Crippen LogP contribution in [-0.4, -0.2) is 56.0 Å². The number of nitrogens with two attached hydrogens (primary N) is 2. The lowest BCUT2D eigenvalue weighted by Gasteiger charge is -2.37. The van der Waals surface area contributed by atoms with Crippen molar-refractivity contribution in [3.05, 3.63) is 59.2 Å². The summed E-state index contributed by atoms with van der Waals surface area (Å²) in [5, 5.41) is 0. The number of para-hydroxylation sites is 1. The average molecular weight is 465 g/mol. The van der Waals surface area contributed by atoms with Crippen LogP contribution >= 0.6 is 0 Å². The van der Waals surface area contributed by atoms with Crippen LogP contribution in [0.3, 0.4) is 0 Å². The molecule has 2 aromatic rings. The number of alkyl halides is 3. The molecule has 2 aromatic carbocycles. The number of benzene rings is 2. The molecule has 1 heterocycles. The number of rotatable bonds is 4. The number of nitrogens with zero attached hydrogens (tertiary/aromatic N) is 3. The Morgan fingerprint density at radius 1 is 1.03 bits per heavy atom. The van der Waals surface area contributed by atoms with Gasteiger partial charge >= 0.3 is 6.18 Å². The van der Waals surface area contributed by atoms with Gasteiger partial charge in [0.05, 0.1) is 18.2 Å². The highest BCUT2D eigenvalue weighted by Crippen LogP contribution is 2.38. The molecule has 3 rings (SSSR count). The molecule has 0 saturated carbocycles. The quantitative estimate of drug-likeness (QED) is 0.530. The van der Waals surface area contributed by atoms with E-state index in [0.29, 0.717) is 11.3 Å². The molecular weight excluding hydrogens is 439 g/mol. The molecule has 1 aliphatic heterocycles. The minimum Gasteiger partial charge on any atom is -0.496 e. The monoisotopic (exact) mass is 465 g/mol. The first kappa shape index (κ1) is 25.5. The van der Waals surface area contributed by atoms with E-state index in [2.05, 4.69) is 4.99 Å². The van der Waals surface area contributed by atoms with Crippen molar-refractivity contribution in [2.45, 2.75) is 13.6 Å². The van der Waals surface area contributed by atoms with Crippen LogP contribution in [0.15, 0.2) is 47.5 Å². The highest BCUT2D eigenvalue weighted by atomic mass is 19.4. The summed E-state index contributed by atoms with van der Waals surface area (Å²) >= 11 is 0. The first-order chi connectivity index (χ1) is 15.1. The lowest BCUT2D eigenvalue weighted by Crippen LogP contribution is -2.49. The average Bonchev–Trinajstić information content (AvgIpc) is 2.77. The third-order valence-electron chi connectivity index (χ3n) is 5.02. The van der Waals surface area contributed by atoms with Crippen LogP contribution in [0.25, 0.3) is 0 Å². The molecule has 33 heavy (non-hydrogen) atoms. The number of carbonyl (C=O) groups excluding carboxylic acids is 2. The summed E-state index contributed by atoms with van der Waals surface area (Å²) < 4.78 is 46.4. The molecule has 0 unspecified atom stereocenters. The van der Waals surface area contributed by atoms with Crippen LogP contribution in [0.2, 0.25) is 0 Å². The van der Waals surface area contributed by atoms with E-state index in [-0.39, 0.29) is 50.8 Å². The van der Waals surface area contributed by atoms with E-state index in [1.54, 1.807) is 29.2 Å². The highest BCUT2D eigenvalue weighted by molar-refractivity contribution is 6.02. The fourth-order valence-electron chi connectivity index (χ4n) is 3.50. The lowest BCUT2D eigenvalue weighted by molar-refractivity contribution is -0.137. The van der Waals surface area contributed by atoms with Crippen molar-refractivity contribution in [1.29, 1.82) is 0 Å². The predicted molar refractivity (Wildman–Crippen MR) is 119 cm³/mol. The van der Waals surface area contributed by atoms with Crippen molar-refractivity contribution in [2.24, 2.45) is 16.5 Å². The van der Waals surface area contributed by atoms with E-state index in [9.17, 15) is 22.8 Å². The Balaban J connectivity index is 0.00000385. The lowest BCUT2D eigenvalue weighted by atomic mass is 10.1. The fraction of sp³-hybridized carbons (Fsp3) is 0.318. The van der Waals surface area contributed by atoms with E-state index < -0.39 is 23.6 Å². The minimum atomic E-state index is -4.70. The molecule has 0 aromatic heterocycles. The van der Waals surface area contributed by atoms with Gasteiger partial charge in [-0.05, 0) is 30.3 Å². The minimum absolute atomic E-state index is 0. The van der Waals surface area contributed by atoms with Crippen molar-refractivity contribution in [1.82, 2.24) is 4.90 Å². The fourth-order valence-corrected chi connectivity index (χ4v) is 3.50. The van der Waals surface area contributed by atoms with Gasteiger partial charge in [-0.1, -0.05) is 19.6 Å². The van der Waals surface area contributed by atoms with Gasteiger partial charge in [-0.25, -0.2) is 0 Å². The predicted octanol–water partition coefficient (Wildman–Crippen LogP) is 2.73. The Labute approximate surface area is 189 Å². The standard InChI is InChI=1S/C21H22F3N5O3.CH4/c1-32-17-5-3-2-4-14(17)19(31)29-10-8-28(9-11-29)16-7-6-13(18(30)27-20(25)26)12-15(16)21(22,23)24;/h2-7,12H,8-11H2,1H3,(H4,25,26,27,30);1H4. The summed E-state index contributed by atoms with van der Waals surface area (Å²) in [7, 11) is 1.46. The second-order valence-corrected chi connectivity index (χ2v) is 7.05. The maximum atomic E-state index is 13.7. The first-order valence-corrected chi connectivity index (χ1v) is 9.64. The first-order valence-electron chi connectivity index (χ1n) is 9.64. The Morgan fingerprint density at radius 3 is 2.24 bits per heavy atom. The largest absolute Gasteiger partial charge is 0.496 e. The van der Waals surface area contributed by atoms with Crippen molar-refractivity contribution >= 4 is 23.5 Å². The molecular formula is C22H26F3N5O3. The van der Waals surface area contributed by atoms with E-state index in [4.69, 9.17) is 16.2 Å². The molecule has 1 saturated heterocycles. The normalized spacial score (nSPS) is 13.7. The van der Waals surface area contributed by atoms with Crippen LogP contribution in [0, 0.1) is 0 Å². The highest BCUT2D eigenvalue weighted by Gasteiger charge is 2.36. The summed E-state index contributed by atoms with van der Waals surface area (Å²) in [5.74, 6) is -1.32. The second kappa shape index (κ2) is 10.2. The van der Waals surface area contributed by atoms with E-state index in [0.717, 1.165) is 6.07 Å². The van der Waals surface area contributed by atoms with Crippen LogP contribution < -0.4 is 21.1 Å². The van der Waals surface area contributed by atoms with Gasteiger partial charge < -0.3 is 26.0 Å². The molecule has 8 nitrogen and oxygen atoms in total. The number of piperazine rings is 1. The maximum Gasteiger partial charge on any atom is 0.418 e. The van der Waals surface area contributed by atoms with Gasteiger partial charge in [0, 0.05) is 37.4 Å². The molecule has 11 heteroatoms. The third-order valence-corrected chi connectivity index (χ3v) is 5.02. The second-order valence-electron chi connectivity index (χ2n) is 7.05. The zero-order valence-electron chi connectivity index (χ0n) is 17.2. The van der Waals surface area contributed by atoms with Gasteiger partial charge in [0.25, 0.3) is 11.8 Å². The molecule has 0 bridgehead atoms. The van der Waals surface area contributed by atoms with Crippen molar-refractivity contribution < 1.29 is 27.5 Å². The number of halogens is 3. The van der Waals surface area contributed by atoms with Gasteiger partial charge in [-0.2, -0.15) is 18.2 Å². The van der Waals surface area contributed by atoms with Crippen molar-refractivity contribution in [2.75, 3.05) is 38.2 Å². The number of guanidine groups is 1. The smallest absolute Gasteiger partial charge is 0.418 e. The molecule has 0 radical (unpaired) electrons. The molecule has 0 aliphatic carbocycles. The summed E-state index contributed by atoms with van der Waals surface area (Å²) in [6, 6.07) is 9.96. The zero-order chi connectivity index (χ0) is 23.5. The van der Waals surface area contributed by atoms with Gasteiger partial charge in [-0.3, -0.25) is 9.59 Å². The van der Waals surface area contributed by atoms with Crippen LogP contribution in [-0.2, 0) is 6.18 Å². The van der Waals surface area contributed by atoms with Gasteiger partial charge in [-0.15, -0.1) is 0 Å². The number of ether oxygens (including phenoxy) is 1. The van der Waals surface area contributed by atoms with E-state index >= 15 is 0 Å². The van der Waals surface area contributed by atoms with Gasteiger partial charge in [0.1, 0.15) is 5.75 Å². The topological polar surface area (TPSA) is 114 Å². The van der Waals surface area contributed by atoms with E-state index in [1.807, 2.05) is 0 Å². The Hall–Kier alpha value is -3.76. The Bertz CT molecular complexity index is 1040. The Kier molecular flexibility index (Phi) is 7.91. The number of anilines is 1. The Morgan fingerprint density at radius 2 is 1.67 bits per heavy atom. The SMILES string of the molecule is C.COc1ccccc1C(=O)N1CCN(c2ccc(C(=O)N=C(N)N)cc2C(F)(F)F)CC1. The molecule has 2 amide bonds. The number of carbonyl (C=O) groups is 2. The molecule has 4 N–H and O–H groups in total. The van der Waals surface area contributed by atoms with Crippen LogP contribution in [0.1, 0.15) is 33.7 Å². The van der Waals surface area contributed by atoms with Crippen LogP contribution in [0.4, 0.5) is 18.9 Å². The van der Waals surface area contributed by atoms with Crippen molar-refractivity contribution in [3.8, 4) is 5.75 Å². The zero-order valence-corrected chi connectivity index (χ0v) is 17.2. The van der Waals surface area contributed by atoms with Gasteiger partial charge in [0.15, 0.2) is 5.96 Å². The molecule has 1 aliphatic rings. The summed E-state index contributed by atoms with van der Waals surface area (Å²) in [5.41, 5.74) is 9.33. The number of hydrogen-bond acceptors (Lipinski definition) is 4. The number of aliphatic imine (C=N–C) groups is 1. The number of methoxy groups -OCH3 is 1. The number of hydrogen-bond donors (Lipinski definition) is 2. The number of amides is 2. The molecule has 0 atom stereocenters. The molecule has 0 spiro atoms. The summed E-state index contributed by atoms with van der Waals surface area (Å²) in [6.07, 6.45) is -4.70. The van der Waals surface area contributed by atoms with Gasteiger partial charge in [0.2, 0.25) is 0 Å². The summed E-state index contributed by atoms with van der Waals surface area (Å²) in [4.78, 5) is 31.2. The van der Waals surface area contributed by atoms with Crippen molar-refractivity contribution in [3.63, 3.8) is 0 Å². The van der Waals surface area contributed by atoms with Crippen LogP contribution in [0.5, 0.6) is 5.75 Å². The molecule has 1 fully saturated rings.